The van der Waals surface area contributed by atoms with Crippen LogP contribution in [0.2, 0.25) is 0 Å². The van der Waals surface area contributed by atoms with Gasteiger partial charge in [0.1, 0.15) is 6.10 Å². The number of benzene rings is 1. The van der Waals surface area contributed by atoms with E-state index in [4.69, 9.17) is 4.74 Å². The molecule has 0 amide bonds. The minimum atomic E-state index is -4.53. The molecule has 0 aliphatic heterocycles. The number of hydrogen-bond donors (Lipinski definition) is 1. The van der Waals surface area contributed by atoms with Crippen molar-refractivity contribution < 1.29 is 30.9 Å². The van der Waals surface area contributed by atoms with E-state index in [1.807, 2.05) is 13.8 Å². The number of hydrogen-bond acceptors (Lipinski definition) is 5. The molecule has 1 saturated carbocycles. The Kier molecular flexibility index (Phi) is 7.18. The van der Waals surface area contributed by atoms with E-state index in [9.17, 15) is 22.0 Å². The quantitative estimate of drug-likeness (QED) is 0.656. The fraction of sp³-hybridized carbons (Fsp3) is 0.667. The smallest absolute Gasteiger partial charge is 0.383 e. The first kappa shape index (κ1) is 24.5. The molecule has 0 spiro atoms. The number of esters is 1. The van der Waals surface area contributed by atoms with Gasteiger partial charge in [0.05, 0.1) is 5.41 Å². The van der Waals surface area contributed by atoms with E-state index in [0.717, 1.165) is 18.2 Å². The molecule has 30 heavy (non-hydrogen) atoms. The van der Waals surface area contributed by atoms with Crippen LogP contribution in [0.25, 0.3) is 0 Å². The maximum atomic E-state index is 13.8. The van der Waals surface area contributed by atoms with Crippen molar-refractivity contribution in [3.63, 3.8) is 0 Å². The van der Waals surface area contributed by atoms with Crippen LogP contribution in [-0.4, -0.2) is 26.0 Å². The molecular weight excluding hydrogens is 416 g/mol. The van der Waals surface area contributed by atoms with Gasteiger partial charge < -0.3 is 8.92 Å². The lowest BCUT2D eigenvalue weighted by Crippen LogP contribution is -2.54. The van der Waals surface area contributed by atoms with Crippen molar-refractivity contribution in [2.75, 3.05) is 0 Å². The molecule has 0 unspecified atom stereocenters. The molecule has 0 radical (unpaired) electrons. The predicted molar refractivity (Wildman–Crippen MR) is 109 cm³/mol. The molecule has 1 aromatic rings. The summed E-state index contributed by atoms with van der Waals surface area (Å²) < 4.78 is 65.5. The van der Waals surface area contributed by atoms with E-state index in [-0.39, 0.29) is 24.2 Å². The van der Waals surface area contributed by atoms with Crippen LogP contribution in [-0.2, 0) is 19.8 Å². The summed E-state index contributed by atoms with van der Waals surface area (Å²) in [6.07, 6.45) is 0.803. The Morgan fingerprint density at radius 3 is 2.30 bits per heavy atom. The molecule has 6 nitrogen and oxygen atoms in total. The largest absolute Gasteiger partial charge is 0.462 e. The van der Waals surface area contributed by atoms with Gasteiger partial charge in [0.15, 0.2) is 11.6 Å². The maximum Gasteiger partial charge on any atom is 0.383 e. The average molecular weight is 448 g/mol. The molecule has 1 N–H and O–H groups in total. The summed E-state index contributed by atoms with van der Waals surface area (Å²) in [5.74, 6) is -3.29. The zero-order chi connectivity index (χ0) is 22.9. The highest BCUT2D eigenvalue weighted by atomic mass is 32.2. The second-order valence-electron chi connectivity index (χ2n) is 9.60. The first-order valence-corrected chi connectivity index (χ1v) is 11.4. The van der Waals surface area contributed by atoms with Gasteiger partial charge in [-0.1, -0.05) is 19.9 Å². The number of rotatable bonds is 6. The fourth-order valence-corrected chi connectivity index (χ4v) is 4.87. The summed E-state index contributed by atoms with van der Waals surface area (Å²) in [6, 6.07) is 2.93. The van der Waals surface area contributed by atoms with Gasteiger partial charge in [-0.2, -0.15) is 13.1 Å². The monoisotopic (exact) mass is 447 g/mol. The van der Waals surface area contributed by atoms with Gasteiger partial charge >= 0.3 is 16.3 Å². The minimum absolute atomic E-state index is 0.0683. The molecule has 0 aromatic heterocycles. The Labute approximate surface area is 177 Å². The van der Waals surface area contributed by atoms with Crippen LogP contribution in [0, 0.1) is 28.9 Å². The number of para-hydroxylation sites is 1. The van der Waals surface area contributed by atoms with Crippen molar-refractivity contribution in [3.05, 3.63) is 29.8 Å². The Balaban J connectivity index is 2.20. The maximum absolute atomic E-state index is 13.8. The lowest BCUT2D eigenvalue weighted by Gasteiger charge is -2.44. The molecule has 1 fully saturated rings. The lowest BCUT2D eigenvalue weighted by atomic mass is 9.72. The summed E-state index contributed by atoms with van der Waals surface area (Å²) >= 11 is 0. The van der Waals surface area contributed by atoms with Gasteiger partial charge in [0, 0.05) is 12.0 Å². The van der Waals surface area contributed by atoms with Gasteiger partial charge in [-0.3, -0.25) is 4.79 Å². The molecule has 1 aliphatic carbocycles. The van der Waals surface area contributed by atoms with Gasteiger partial charge in [-0.05, 0) is 64.5 Å². The van der Waals surface area contributed by atoms with Crippen LogP contribution in [0.4, 0.5) is 8.78 Å². The zero-order valence-electron chi connectivity index (χ0n) is 18.3. The summed E-state index contributed by atoms with van der Waals surface area (Å²) in [5, 5.41) is 0. The number of halogens is 2. The predicted octanol–water partition coefficient (Wildman–Crippen LogP) is 4.35. The molecule has 170 valence electrons. The number of carbonyl (C=O) groups is 1. The Bertz CT molecular complexity index is 862. The molecule has 0 bridgehead atoms. The van der Waals surface area contributed by atoms with Gasteiger partial charge in [0.2, 0.25) is 5.75 Å². The van der Waals surface area contributed by atoms with Crippen LogP contribution in [0.15, 0.2) is 18.2 Å². The Morgan fingerprint density at radius 1 is 1.23 bits per heavy atom. The van der Waals surface area contributed by atoms with Crippen molar-refractivity contribution in [1.29, 1.82) is 0 Å². The highest BCUT2D eigenvalue weighted by Gasteiger charge is 2.44. The minimum Gasteiger partial charge on any atom is -0.462 e. The summed E-state index contributed by atoms with van der Waals surface area (Å²) in [6.45, 7) is 11.0. The van der Waals surface area contributed by atoms with E-state index in [1.165, 1.54) is 0 Å². The third kappa shape index (κ3) is 6.14. The highest BCUT2D eigenvalue weighted by Crippen LogP contribution is 2.39. The first-order chi connectivity index (χ1) is 13.6. The van der Waals surface area contributed by atoms with Gasteiger partial charge in [-0.25, -0.2) is 8.78 Å². The Morgan fingerprint density at radius 2 is 1.80 bits per heavy atom. The lowest BCUT2D eigenvalue weighted by molar-refractivity contribution is -0.166. The third-order valence-corrected chi connectivity index (χ3v) is 6.50. The molecule has 1 aliphatic rings. The second kappa shape index (κ2) is 8.78. The van der Waals surface area contributed by atoms with E-state index < -0.39 is 44.7 Å². The number of ether oxygens (including phenoxy) is 1. The summed E-state index contributed by atoms with van der Waals surface area (Å²) in [7, 11) is -4.53. The SMILES string of the molecule is CC(C)[C@@H]1CC[C@](C)(NS(=O)(=O)Oc2c(F)cccc2F)C[C@H]1OC(=O)C(C)(C)C. The zero-order valence-corrected chi connectivity index (χ0v) is 19.1. The van der Waals surface area contributed by atoms with Crippen LogP contribution < -0.4 is 8.91 Å². The van der Waals surface area contributed by atoms with Crippen molar-refractivity contribution in [2.45, 2.75) is 72.4 Å². The summed E-state index contributed by atoms with van der Waals surface area (Å²) in [4.78, 5) is 12.4. The normalized spacial score (nSPS) is 25.2. The first-order valence-electron chi connectivity index (χ1n) is 10.0. The molecule has 1 aromatic carbocycles. The van der Waals surface area contributed by atoms with Crippen molar-refractivity contribution in [2.24, 2.45) is 17.3 Å². The fourth-order valence-electron chi connectivity index (χ4n) is 3.66. The molecular formula is C21H31F2NO5S. The van der Waals surface area contributed by atoms with Gasteiger partial charge in [0.25, 0.3) is 0 Å². The van der Waals surface area contributed by atoms with Crippen LogP contribution in [0.5, 0.6) is 5.75 Å². The molecule has 9 heteroatoms. The van der Waals surface area contributed by atoms with E-state index >= 15 is 0 Å². The van der Waals surface area contributed by atoms with Crippen LogP contribution >= 0.6 is 0 Å². The van der Waals surface area contributed by atoms with Gasteiger partial charge in [-0.15, -0.1) is 0 Å². The van der Waals surface area contributed by atoms with Crippen molar-refractivity contribution in [1.82, 2.24) is 4.72 Å². The topological polar surface area (TPSA) is 81.7 Å². The van der Waals surface area contributed by atoms with E-state index in [1.54, 1.807) is 27.7 Å². The highest BCUT2D eigenvalue weighted by molar-refractivity contribution is 7.85. The number of carbonyl (C=O) groups excluding carboxylic acids is 1. The second-order valence-corrected chi connectivity index (χ2v) is 10.9. The van der Waals surface area contributed by atoms with Crippen molar-refractivity contribution in [3.8, 4) is 5.75 Å². The molecule has 3 atom stereocenters. The van der Waals surface area contributed by atoms with Crippen LogP contribution in [0.1, 0.15) is 60.8 Å². The van der Waals surface area contributed by atoms with E-state index in [2.05, 4.69) is 8.91 Å². The number of nitrogens with one attached hydrogen (secondary N) is 1. The van der Waals surface area contributed by atoms with Crippen molar-refractivity contribution >= 4 is 16.3 Å². The summed E-state index contributed by atoms with van der Waals surface area (Å²) in [5.41, 5.74) is -1.70. The Hall–Kier alpha value is -1.74. The third-order valence-electron chi connectivity index (χ3n) is 5.37. The van der Waals surface area contributed by atoms with Crippen LogP contribution in [0.3, 0.4) is 0 Å². The molecule has 0 saturated heterocycles. The average Bonchev–Trinajstić information content (AvgIpc) is 2.56. The van der Waals surface area contributed by atoms with E-state index in [0.29, 0.717) is 12.8 Å². The molecule has 0 heterocycles. The molecule has 2 rings (SSSR count). The standard InChI is InChI=1S/C21H31F2NO5S/c1-13(2)14-10-11-21(6,12-17(14)28-19(25)20(3,4)5)24-30(26,27)29-18-15(22)8-7-9-16(18)23/h7-9,13-14,17,24H,10-12H2,1-6H3/t14-,17+,21-/m0/s1.